The average Bonchev–Trinajstić information content (AvgIpc) is 2.72. The van der Waals surface area contributed by atoms with Crippen LogP contribution in [0.3, 0.4) is 0 Å². The second-order valence-corrected chi connectivity index (χ2v) is 6.37. The summed E-state index contributed by atoms with van der Waals surface area (Å²) in [6.07, 6.45) is 0.763. The standard InChI is InChI=1S/C21H28N2O6/c1-14-12-16(26-2)13-19(25)23(14)11-10-22-18(24)9-7-15-6-8-17(27-3)21(29-5)20(15)28-4/h6,8,12-13H,7,9-11H2,1-5H3,(H,22,24). The zero-order valence-corrected chi connectivity index (χ0v) is 17.5. The van der Waals surface area contributed by atoms with Crippen molar-refractivity contribution in [2.24, 2.45) is 0 Å². The van der Waals surface area contributed by atoms with Crippen molar-refractivity contribution in [3.8, 4) is 23.0 Å². The smallest absolute Gasteiger partial charge is 0.254 e. The Kier molecular flexibility index (Phi) is 7.94. The molecule has 1 heterocycles. The highest BCUT2D eigenvalue weighted by Crippen LogP contribution is 2.40. The van der Waals surface area contributed by atoms with Crippen molar-refractivity contribution >= 4 is 5.91 Å². The predicted molar refractivity (Wildman–Crippen MR) is 109 cm³/mol. The number of amides is 1. The number of hydrogen-bond acceptors (Lipinski definition) is 6. The third kappa shape index (κ3) is 5.43. The van der Waals surface area contributed by atoms with Crippen LogP contribution in [0.2, 0.25) is 0 Å². The molecule has 0 radical (unpaired) electrons. The maximum atomic E-state index is 12.2. The lowest BCUT2D eigenvalue weighted by molar-refractivity contribution is -0.121. The Bertz CT molecular complexity index is 907. The summed E-state index contributed by atoms with van der Waals surface area (Å²) < 4.78 is 22.8. The van der Waals surface area contributed by atoms with Crippen molar-refractivity contribution in [1.29, 1.82) is 0 Å². The molecule has 1 amide bonds. The lowest BCUT2D eigenvalue weighted by Gasteiger charge is -2.16. The first-order valence-corrected chi connectivity index (χ1v) is 9.25. The molecule has 158 valence electrons. The van der Waals surface area contributed by atoms with Gasteiger partial charge in [-0.15, -0.1) is 0 Å². The molecule has 29 heavy (non-hydrogen) atoms. The van der Waals surface area contributed by atoms with Gasteiger partial charge >= 0.3 is 0 Å². The normalized spacial score (nSPS) is 10.4. The van der Waals surface area contributed by atoms with E-state index in [9.17, 15) is 9.59 Å². The third-order valence-electron chi connectivity index (χ3n) is 4.61. The number of hydrogen-bond donors (Lipinski definition) is 1. The fourth-order valence-electron chi connectivity index (χ4n) is 3.11. The number of nitrogens with zero attached hydrogens (tertiary/aromatic N) is 1. The summed E-state index contributed by atoms with van der Waals surface area (Å²) in [7, 11) is 6.17. The van der Waals surface area contributed by atoms with Gasteiger partial charge in [0.05, 0.1) is 28.4 Å². The summed E-state index contributed by atoms with van der Waals surface area (Å²) >= 11 is 0. The molecule has 0 spiro atoms. The Morgan fingerprint density at radius 2 is 1.72 bits per heavy atom. The van der Waals surface area contributed by atoms with Crippen molar-refractivity contribution in [3.05, 3.63) is 45.9 Å². The molecule has 0 aliphatic heterocycles. The molecule has 1 aromatic carbocycles. The number of aryl methyl sites for hydroxylation is 2. The molecule has 0 fully saturated rings. The maximum absolute atomic E-state index is 12.2. The zero-order valence-electron chi connectivity index (χ0n) is 17.5. The minimum absolute atomic E-state index is 0.110. The Labute approximate surface area is 170 Å². The van der Waals surface area contributed by atoms with Crippen molar-refractivity contribution in [3.63, 3.8) is 0 Å². The van der Waals surface area contributed by atoms with Gasteiger partial charge in [-0.3, -0.25) is 9.59 Å². The number of benzene rings is 1. The fraction of sp³-hybridized carbons (Fsp3) is 0.429. The molecular weight excluding hydrogens is 376 g/mol. The average molecular weight is 404 g/mol. The van der Waals surface area contributed by atoms with Gasteiger partial charge in [-0.1, -0.05) is 6.07 Å². The molecule has 0 aliphatic carbocycles. The van der Waals surface area contributed by atoms with Crippen molar-refractivity contribution in [2.75, 3.05) is 35.0 Å². The van der Waals surface area contributed by atoms with Crippen LogP contribution in [0, 0.1) is 6.92 Å². The van der Waals surface area contributed by atoms with Crippen LogP contribution < -0.4 is 29.8 Å². The minimum atomic E-state index is -0.161. The fourth-order valence-corrected chi connectivity index (χ4v) is 3.11. The second kappa shape index (κ2) is 10.4. The van der Waals surface area contributed by atoms with E-state index >= 15 is 0 Å². The number of carbonyl (C=O) groups excluding carboxylic acids is 1. The van der Waals surface area contributed by atoms with Gasteiger partial charge in [-0.25, -0.2) is 0 Å². The van der Waals surface area contributed by atoms with Gasteiger partial charge in [0, 0.05) is 31.3 Å². The number of rotatable bonds is 10. The van der Waals surface area contributed by atoms with E-state index < -0.39 is 0 Å². The molecule has 0 aliphatic rings. The van der Waals surface area contributed by atoms with Gasteiger partial charge < -0.3 is 28.8 Å². The summed E-state index contributed by atoms with van der Waals surface area (Å²) in [5.41, 5.74) is 1.47. The Morgan fingerprint density at radius 1 is 1.00 bits per heavy atom. The topological polar surface area (TPSA) is 88.0 Å². The minimum Gasteiger partial charge on any atom is -0.496 e. The highest BCUT2D eigenvalue weighted by molar-refractivity contribution is 5.76. The van der Waals surface area contributed by atoms with E-state index in [0.717, 1.165) is 11.3 Å². The van der Waals surface area contributed by atoms with E-state index in [1.54, 1.807) is 38.0 Å². The molecule has 8 heteroatoms. The highest BCUT2D eigenvalue weighted by atomic mass is 16.5. The SMILES string of the molecule is COc1cc(C)n(CCNC(=O)CCc2ccc(OC)c(OC)c2OC)c(=O)c1. The Morgan fingerprint density at radius 3 is 2.31 bits per heavy atom. The monoisotopic (exact) mass is 404 g/mol. The van der Waals surface area contributed by atoms with Crippen LogP contribution in [0.5, 0.6) is 23.0 Å². The highest BCUT2D eigenvalue weighted by Gasteiger charge is 2.16. The van der Waals surface area contributed by atoms with Gasteiger partial charge in [0.2, 0.25) is 11.7 Å². The lowest BCUT2D eigenvalue weighted by Crippen LogP contribution is -2.31. The zero-order chi connectivity index (χ0) is 21.4. The van der Waals surface area contributed by atoms with Gasteiger partial charge in [0.1, 0.15) is 5.75 Å². The molecule has 0 saturated carbocycles. The van der Waals surface area contributed by atoms with Crippen LogP contribution in [0.4, 0.5) is 0 Å². The molecular formula is C21H28N2O6. The van der Waals surface area contributed by atoms with Crippen molar-refractivity contribution in [1.82, 2.24) is 9.88 Å². The van der Waals surface area contributed by atoms with Gasteiger partial charge in [0.15, 0.2) is 11.5 Å². The summed E-state index contributed by atoms with van der Waals surface area (Å²) in [6, 6.07) is 6.85. The molecule has 0 saturated heterocycles. The van der Waals surface area contributed by atoms with Crippen molar-refractivity contribution in [2.45, 2.75) is 26.3 Å². The number of methoxy groups -OCH3 is 4. The van der Waals surface area contributed by atoms with E-state index in [1.165, 1.54) is 13.2 Å². The quantitative estimate of drug-likeness (QED) is 0.651. The Balaban J connectivity index is 1.94. The van der Waals surface area contributed by atoms with Crippen LogP contribution in [0.15, 0.2) is 29.1 Å². The molecule has 2 aromatic rings. The molecule has 1 N–H and O–H groups in total. The molecule has 0 atom stereocenters. The van der Waals surface area contributed by atoms with E-state index in [4.69, 9.17) is 18.9 Å². The largest absolute Gasteiger partial charge is 0.496 e. The first kappa shape index (κ1) is 22.1. The summed E-state index contributed by atoms with van der Waals surface area (Å²) in [5, 5.41) is 2.85. The van der Waals surface area contributed by atoms with E-state index in [-0.39, 0.29) is 17.9 Å². The molecule has 2 rings (SSSR count). The predicted octanol–water partition coefficient (Wildman–Crippen LogP) is 1.94. The van der Waals surface area contributed by atoms with Crippen LogP contribution >= 0.6 is 0 Å². The van der Waals surface area contributed by atoms with E-state index in [1.807, 2.05) is 13.0 Å². The molecule has 1 aromatic heterocycles. The first-order valence-electron chi connectivity index (χ1n) is 9.25. The van der Waals surface area contributed by atoms with Gasteiger partial charge in [-0.2, -0.15) is 0 Å². The number of carbonyl (C=O) groups is 1. The van der Waals surface area contributed by atoms with Crippen LogP contribution in [0.25, 0.3) is 0 Å². The van der Waals surface area contributed by atoms with E-state index in [0.29, 0.717) is 42.5 Å². The molecule has 0 unspecified atom stereocenters. The number of pyridine rings is 1. The van der Waals surface area contributed by atoms with Crippen LogP contribution in [0.1, 0.15) is 17.7 Å². The summed E-state index contributed by atoms with van der Waals surface area (Å²) in [5.74, 6) is 2.04. The van der Waals surface area contributed by atoms with Crippen molar-refractivity contribution < 1.29 is 23.7 Å². The lowest BCUT2D eigenvalue weighted by atomic mass is 10.1. The summed E-state index contributed by atoms with van der Waals surface area (Å²) in [6.45, 7) is 2.57. The van der Waals surface area contributed by atoms with E-state index in [2.05, 4.69) is 5.32 Å². The van der Waals surface area contributed by atoms with Crippen LogP contribution in [-0.2, 0) is 17.8 Å². The van der Waals surface area contributed by atoms with Gasteiger partial charge in [0.25, 0.3) is 5.56 Å². The molecule has 0 bridgehead atoms. The Hall–Kier alpha value is -3.16. The molecule has 8 nitrogen and oxygen atoms in total. The number of aromatic nitrogens is 1. The summed E-state index contributed by atoms with van der Waals surface area (Å²) in [4.78, 5) is 24.4. The van der Waals surface area contributed by atoms with Gasteiger partial charge in [-0.05, 0) is 31.0 Å². The second-order valence-electron chi connectivity index (χ2n) is 6.37. The number of nitrogens with one attached hydrogen (secondary N) is 1. The maximum Gasteiger partial charge on any atom is 0.254 e. The third-order valence-corrected chi connectivity index (χ3v) is 4.61. The van der Waals surface area contributed by atoms with Crippen LogP contribution in [-0.4, -0.2) is 45.5 Å². The first-order chi connectivity index (χ1) is 13.9. The number of ether oxygens (including phenoxy) is 4.